The van der Waals surface area contributed by atoms with E-state index in [2.05, 4.69) is 43.6 Å². The van der Waals surface area contributed by atoms with Gasteiger partial charge in [0, 0.05) is 24.2 Å². The second-order valence-corrected chi connectivity index (χ2v) is 5.90. The molecule has 0 aliphatic carbocycles. The fourth-order valence-electron chi connectivity index (χ4n) is 2.33. The first-order valence-electron chi connectivity index (χ1n) is 7.76. The highest BCUT2D eigenvalue weighted by molar-refractivity contribution is 7.75. The predicted molar refractivity (Wildman–Crippen MR) is 97.4 cm³/mol. The van der Waals surface area contributed by atoms with Crippen LogP contribution in [-0.4, -0.2) is 34.1 Å². The molecular weight excluding hydrogens is 386 g/mol. The SMILES string of the molecule is Nc1ncnc2nc(-c3cccnc3)c(-c3ccccn3)nc12.O=S1OOO1. The third-order valence-electron chi connectivity index (χ3n) is 3.51. The summed E-state index contributed by atoms with van der Waals surface area (Å²) in [6, 6.07) is 9.37. The number of hydrogen-bond donors (Lipinski definition) is 1. The molecule has 11 nitrogen and oxygen atoms in total. The lowest BCUT2D eigenvalue weighted by Crippen LogP contribution is -2.12. The van der Waals surface area contributed by atoms with Crippen LogP contribution >= 0.6 is 0 Å². The van der Waals surface area contributed by atoms with Gasteiger partial charge >= 0.3 is 11.4 Å². The van der Waals surface area contributed by atoms with E-state index in [9.17, 15) is 4.21 Å². The second-order valence-electron chi connectivity index (χ2n) is 5.22. The number of nitrogens with two attached hydrogens (primary N) is 1. The van der Waals surface area contributed by atoms with Crippen molar-refractivity contribution in [2.24, 2.45) is 0 Å². The fourth-order valence-corrected chi connectivity index (χ4v) is 2.43. The predicted octanol–water partition coefficient (Wildman–Crippen LogP) is 1.58. The molecule has 1 aliphatic heterocycles. The molecule has 0 radical (unpaired) electrons. The van der Waals surface area contributed by atoms with Gasteiger partial charge < -0.3 is 5.73 Å². The quantitative estimate of drug-likeness (QED) is 0.491. The van der Waals surface area contributed by atoms with E-state index in [1.807, 2.05) is 30.3 Å². The van der Waals surface area contributed by atoms with E-state index in [1.54, 1.807) is 18.6 Å². The molecule has 1 saturated heterocycles. The molecule has 0 bridgehead atoms. The van der Waals surface area contributed by atoms with Crippen LogP contribution in [0.4, 0.5) is 5.82 Å². The average Bonchev–Trinajstić information content (AvgIpc) is 2.73. The van der Waals surface area contributed by atoms with E-state index in [-0.39, 0.29) is 5.82 Å². The summed E-state index contributed by atoms with van der Waals surface area (Å²) in [4.78, 5) is 25.9. The van der Waals surface area contributed by atoms with E-state index in [4.69, 9.17) is 5.73 Å². The molecule has 4 aromatic rings. The van der Waals surface area contributed by atoms with Crippen molar-refractivity contribution in [3.05, 3.63) is 55.2 Å². The van der Waals surface area contributed by atoms with Gasteiger partial charge in [0.1, 0.15) is 17.7 Å². The first-order valence-corrected chi connectivity index (χ1v) is 8.76. The minimum absolute atomic E-state index is 0.289. The molecule has 2 N–H and O–H groups in total. The standard InChI is InChI=1S/C16H11N7.O4S/c17-15-14-16(21-9-20-15)23-12(10-4-3-6-18-8-10)13(22-14)11-5-1-2-7-19-11;1-5-3-2-4-5/h1-9H,(H2,17,20,21,23);. The zero-order valence-electron chi connectivity index (χ0n) is 14.0. The number of nitrogen functional groups attached to an aromatic ring is 1. The number of nitrogens with zero attached hydrogens (tertiary/aromatic N) is 6. The highest BCUT2D eigenvalue weighted by Gasteiger charge is 2.16. The Morgan fingerprint density at radius 1 is 0.929 bits per heavy atom. The van der Waals surface area contributed by atoms with Crippen LogP contribution in [0.2, 0.25) is 0 Å². The lowest BCUT2D eigenvalue weighted by Gasteiger charge is -2.09. The summed E-state index contributed by atoms with van der Waals surface area (Å²) in [5.41, 5.74) is 9.61. The van der Waals surface area contributed by atoms with E-state index in [1.165, 1.54) is 6.33 Å². The maximum atomic E-state index is 9.44. The highest BCUT2D eigenvalue weighted by Crippen LogP contribution is 2.29. The summed E-state index contributed by atoms with van der Waals surface area (Å²) in [5.74, 6) is 0.289. The van der Waals surface area contributed by atoms with Crippen molar-refractivity contribution < 1.29 is 17.9 Å². The molecule has 0 unspecified atom stereocenters. The third-order valence-corrected chi connectivity index (χ3v) is 3.84. The van der Waals surface area contributed by atoms with Crippen LogP contribution in [0.3, 0.4) is 0 Å². The smallest absolute Gasteiger partial charge is 0.367 e. The Kier molecular flexibility index (Phi) is 5.16. The lowest BCUT2D eigenvalue weighted by molar-refractivity contribution is -0.469. The van der Waals surface area contributed by atoms with Gasteiger partial charge in [0.2, 0.25) is 0 Å². The largest absolute Gasteiger partial charge is 0.382 e. The lowest BCUT2D eigenvalue weighted by atomic mass is 10.1. The van der Waals surface area contributed by atoms with Crippen LogP contribution in [0.15, 0.2) is 55.2 Å². The van der Waals surface area contributed by atoms with Crippen molar-refractivity contribution in [3.8, 4) is 22.6 Å². The van der Waals surface area contributed by atoms with Crippen molar-refractivity contribution in [2.45, 2.75) is 0 Å². The Bertz CT molecular complexity index is 1130. The summed E-state index contributed by atoms with van der Waals surface area (Å²) >= 11 is -1.61. The molecule has 28 heavy (non-hydrogen) atoms. The molecule has 140 valence electrons. The van der Waals surface area contributed by atoms with Crippen molar-refractivity contribution in [1.82, 2.24) is 29.9 Å². The van der Waals surface area contributed by atoms with Gasteiger partial charge in [0.25, 0.3) is 0 Å². The Balaban J connectivity index is 0.000000336. The van der Waals surface area contributed by atoms with Crippen LogP contribution in [-0.2, 0) is 25.1 Å². The van der Waals surface area contributed by atoms with Gasteiger partial charge in [-0.3, -0.25) is 9.97 Å². The van der Waals surface area contributed by atoms with Crippen LogP contribution in [0.5, 0.6) is 0 Å². The number of fused-ring (bicyclic) bond motifs is 1. The number of pyridine rings is 2. The van der Waals surface area contributed by atoms with Crippen LogP contribution in [0.25, 0.3) is 33.8 Å². The number of hydrogen-bond acceptors (Lipinski definition) is 11. The number of anilines is 1. The molecule has 0 aromatic carbocycles. The maximum Gasteiger partial charge on any atom is 0.367 e. The Morgan fingerprint density at radius 3 is 2.43 bits per heavy atom. The number of aromatic nitrogens is 6. The first-order chi connectivity index (χ1) is 13.7. The van der Waals surface area contributed by atoms with Crippen molar-refractivity contribution in [1.29, 1.82) is 0 Å². The van der Waals surface area contributed by atoms with Gasteiger partial charge in [-0.05, 0) is 29.3 Å². The van der Waals surface area contributed by atoms with Gasteiger partial charge in [-0.15, -0.1) is 0 Å². The van der Waals surface area contributed by atoms with Gasteiger partial charge in [-0.25, -0.2) is 19.9 Å². The molecular formula is C16H11N7O4S. The topological polar surface area (TPSA) is 148 Å². The summed E-state index contributed by atoms with van der Waals surface area (Å²) in [7, 11) is 0. The summed E-state index contributed by atoms with van der Waals surface area (Å²) in [6.45, 7) is 0. The summed E-state index contributed by atoms with van der Waals surface area (Å²) in [6.07, 6.45) is 6.52. The monoisotopic (exact) mass is 397 g/mol. The van der Waals surface area contributed by atoms with Crippen molar-refractivity contribution in [3.63, 3.8) is 0 Å². The third kappa shape index (κ3) is 3.79. The van der Waals surface area contributed by atoms with E-state index < -0.39 is 11.4 Å². The van der Waals surface area contributed by atoms with Crippen LogP contribution in [0.1, 0.15) is 0 Å². The van der Waals surface area contributed by atoms with Gasteiger partial charge in [0.05, 0.1) is 5.69 Å². The zero-order valence-corrected chi connectivity index (χ0v) is 14.8. The first kappa shape index (κ1) is 17.9. The Hall–Kier alpha value is -3.45. The molecule has 5 heterocycles. The molecule has 0 amide bonds. The molecule has 0 saturated carbocycles. The van der Waals surface area contributed by atoms with E-state index >= 15 is 0 Å². The fraction of sp³-hybridized carbons (Fsp3) is 0. The normalized spacial score (nSPS) is 13.4. The van der Waals surface area contributed by atoms with Gasteiger partial charge in [-0.2, -0.15) is 4.21 Å². The van der Waals surface area contributed by atoms with Crippen LogP contribution < -0.4 is 5.73 Å². The molecule has 0 spiro atoms. The minimum Gasteiger partial charge on any atom is -0.382 e. The number of rotatable bonds is 2. The zero-order chi connectivity index (χ0) is 19.3. The highest BCUT2D eigenvalue weighted by atomic mass is 32.2. The van der Waals surface area contributed by atoms with Gasteiger partial charge in [0.15, 0.2) is 17.0 Å². The van der Waals surface area contributed by atoms with E-state index in [0.717, 1.165) is 5.56 Å². The maximum absolute atomic E-state index is 9.44. The van der Waals surface area contributed by atoms with E-state index in [0.29, 0.717) is 28.2 Å². The average molecular weight is 397 g/mol. The minimum atomic E-state index is -1.61. The Morgan fingerprint density at radius 2 is 1.79 bits per heavy atom. The molecule has 1 aliphatic rings. The van der Waals surface area contributed by atoms with Crippen molar-refractivity contribution in [2.75, 3.05) is 5.73 Å². The summed E-state index contributed by atoms with van der Waals surface area (Å²) < 4.78 is 16.8. The second kappa shape index (κ2) is 8.06. The van der Waals surface area contributed by atoms with Gasteiger partial charge in [-0.1, -0.05) is 14.7 Å². The molecule has 12 heteroatoms. The van der Waals surface area contributed by atoms with Crippen LogP contribution in [0, 0.1) is 0 Å². The van der Waals surface area contributed by atoms with Crippen molar-refractivity contribution >= 4 is 28.3 Å². The summed E-state index contributed by atoms with van der Waals surface area (Å²) in [5, 5.41) is 3.53. The molecule has 5 rings (SSSR count). The molecule has 1 fully saturated rings. The molecule has 4 aromatic heterocycles. The Labute approximate surface area is 160 Å². The molecule has 0 atom stereocenters.